The molecule has 1 amide bonds. The Balaban J connectivity index is 2.13. The van der Waals surface area contributed by atoms with Gasteiger partial charge in [0.05, 0.1) is 27.4 Å². The van der Waals surface area contributed by atoms with Crippen molar-refractivity contribution >= 4 is 5.91 Å². The van der Waals surface area contributed by atoms with Gasteiger partial charge in [-0.2, -0.15) is 13.2 Å². The van der Waals surface area contributed by atoms with Crippen molar-refractivity contribution in [1.29, 1.82) is 0 Å². The van der Waals surface area contributed by atoms with Gasteiger partial charge >= 0.3 is 12.1 Å². The molecule has 2 aliphatic rings. The highest BCUT2D eigenvalue weighted by Gasteiger charge is 2.51. The van der Waals surface area contributed by atoms with Gasteiger partial charge in [0.2, 0.25) is 5.75 Å². The molecule has 1 aromatic rings. The lowest BCUT2D eigenvalue weighted by molar-refractivity contribution is -0.175. The molecule has 1 N–H and O–H groups in total. The summed E-state index contributed by atoms with van der Waals surface area (Å²) in [6.07, 6.45) is -0.0157. The highest BCUT2D eigenvalue weighted by atomic mass is 19.4. The van der Waals surface area contributed by atoms with E-state index in [0.29, 0.717) is 29.2 Å². The number of benzene rings is 1. The van der Waals surface area contributed by atoms with E-state index in [4.69, 9.17) is 14.2 Å². The van der Waals surface area contributed by atoms with Gasteiger partial charge in [-0.3, -0.25) is 4.79 Å². The number of methoxy groups -OCH3 is 3. The second-order valence-corrected chi connectivity index (χ2v) is 7.22. The highest BCUT2D eigenvalue weighted by molar-refractivity contribution is 5.82. The van der Waals surface area contributed by atoms with Gasteiger partial charge in [0, 0.05) is 5.56 Å². The number of nitrogens with one attached hydrogen (secondary N) is 1. The summed E-state index contributed by atoms with van der Waals surface area (Å²) in [5.41, 5.74) is 0.945. The first-order valence-corrected chi connectivity index (χ1v) is 8.97. The fourth-order valence-electron chi connectivity index (χ4n) is 4.62. The van der Waals surface area contributed by atoms with Crippen LogP contribution >= 0.6 is 0 Å². The number of carbonyl (C=O) groups excluding carboxylic acids is 1. The summed E-state index contributed by atoms with van der Waals surface area (Å²) in [4.78, 5) is 11.8. The Labute approximate surface area is 156 Å². The Hall–Kier alpha value is -2.12. The van der Waals surface area contributed by atoms with Crippen LogP contribution in [0.2, 0.25) is 0 Å². The number of halogens is 3. The van der Waals surface area contributed by atoms with Crippen LogP contribution in [0.5, 0.6) is 17.2 Å². The second kappa shape index (κ2) is 7.13. The smallest absolute Gasteiger partial charge is 0.471 e. The molecule has 5 nitrogen and oxygen atoms in total. The molecule has 0 saturated heterocycles. The summed E-state index contributed by atoms with van der Waals surface area (Å²) >= 11 is 0. The van der Waals surface area contributed by atoms with Crippen LogP contribution in [0.25, 0.3) is 0 Å². The molecule has 2 aliphatic carbocycles. The molecule has 8 heteroatoms. The third kappa shape index (κ3) is 3.30. The number of hydrogen-bond donors (Lipinski definition) is 1. The number of ether oxygens (including phenoxy) is 3. The molecular weight excluding hydrogens is 363 g/mol. The predicted octanol–water partition coefficient (Wildman–Crippen LogP) is 3.94. The molecular formula is C19H24F3NO4. The molecule has 1 saturated carbocycles. The van der Waals surface area contributed by atoms with Crippen molar-refractivity contribution in [2.24, 2.45) is 5.41 Å². The summed E-state index contributed by atoms with van der Waals surface area (Å²) < 4.78 is 55.2. The Morgan fingerprint density at radius 3 is 2.22 bits per heavy atom. The van der Waals surface area contributed by atoms with Crippen LogP contribution in [0.15, 0.2) is 6.07 Å². The number of amides is 1. The van der Waals surface area contributed by atoms with E-state index >= 15 is 0 Å². The van der Waals surface area contributed by atoms with E-state index in [1.165, 1.54) is 21.3 Å². The molecule has 0 bridgehead atoms. The van der Waals surface area contributed by atoms with E-state index in [0.717, 1.165) is 37.7 Å². The third-order valence-electron chi connectivity index (χ3n) is 5.80. The highest BCUT2D eigenvalue weighted by Crippen LogP contribution is 2.59. The maximum Gasteiger partial charge on any atom is 0.471 e. The lowest BCUT2D eigenvalue weighted by Gasteiger charge is -2.39. The quantitative estimate of drug-likeness (QED) is 0.850. The van der Waals surface area contributed by atoms with Gasteiger partial charge in [0.1, 0.15) is 0 Å². The van der Waals surface area contributed by atoms with E-state index < -0.39 is 23.5 Å². The van der Waals surface area contributed by atoms with Gasteiger partial charge in [0.25, 0.3) is 0 Å². The predicted molar refractivity (Wildman–Crippen MR) is 92.3 cm³/mol. The molecule has 0 heterocycles. The number of hydrogen-bond acceptors (Lipinski definition) is 4. The second-order valence-electron chi connectivity index (χ2n) is 7.22. The molecule has 0 radical (unpaired) electrons. The van der Waals surface area contributed by atoms with Crippen molar-refractivity contribution < 1.29 is 32.2 Å². The molecule has 1 aromatic carbocycles. The van der Waals surface area contributed by atoms with Gasteiger partial charge < -0.3 is 19.5 Å². The maximum atomic E-state index is 13.0. The van der Waals surface area contributed by atoms with Gasteiger partial charge in [-0.25, -0.2) is 0 Å². The zero-order valence-electron chi connectivity index (χ0n) is 15.7. The topological polar surface area (TPSA) is 56.8 Å². The summed E-state index contributed by atoms with van der Waals surface area (Å²) in [5, 5.41) is 2.26. The number of rotatable bonds is 4. The molecule has 0 aliphatic heterocycles. The van der Waals surface area contributed by atoms with Gasteiger partial charge in [-0.1, -0.05) is 19.3 Å². The maximum absolute atomic E-state index is 13.0. The van der Waals surface area contributed by atoms with Crippen LogP contribution < -0.4 is 19.5 Å². The van der Waals surface area contributed by atoms with E-state index in [-0.39, 0.29) is 0 Å². The number of fused-ring (bicyclic) bond motifs is 1. The minimum absolute atomic E-state index is 0.368. The van der Waals surface area contributed by atoms with Crippen LogP contribution in [0.1, 0.15) is 49.3 Å². The fraction of sp³-hybridized carbons (Fsp3) is 0.632. The van der Waals surface area contributed by atoms with E-state index in [9.17, 15) is 18.0 Å². The Morgan fingerprint density at radius 2 is 1.70 bits per heavy atom. The molecule has 1 spiro atoms. The van der Waals surface area contributed by atoms with E-state index in [1.54, 1.807) is 6.07 Å². The largest absolute Gasteiger partial charge is 0.493 e. The minimum Gasteiger partial charge on any atom is -0.493 e. The first kappa shape index (κ1) is 19.6. The Morgan fingerprint density at radius 1 is 1.07 bits per heavy atom. The number of alkyl halides is 3. The zero-order valence-corrected chi connectivity index (χ0v) is 15.7. The van der Waals surface area contributed by atoms with Gasteiger partial charge in [0.15, 0.2) is 11.5 Å². The lowest BCUT2D eigenvalue weighted by atomic mass is 9.69. The summed E-state index contributed by atoms with van der Waals surface area (Å²) in [6, 6.07) is 0.928. The van der Waals surface area contributed by atoms with Crippen molar-refractivity contribution in [1.82, 2.24) is 5.32 Å². The lowest BCUT2D eigenvalue weighted by Crippen LogP contribution is -2.45. The molecule has 1 fully saturated rings. The first-order chi connectivity index (χ1) is 12.8. The molecule has 3 rings (SSSR count). The average molecular weight is 387 g/mol. The van der Waals surface area contributed by atoms with Crippen molar-refractivity contribution in [2.45, 2.75) is 50.7 Å². The van der Waals surface area contributed by atoms with Crippen LogP contribution in [0, 0.1) is 5.41 Å². The van der Waals surface area contributed by atoms with Gasteiger partial charge in [-0.15, -0.1) is 0 Å². The van der Waals surface area contributed by atoms with Crippen LogP contribution in [0.3, 0.4) is 0 Å². The molecule has 1 unspecified atom stereocenters. The zero-order chi connectivity index (χ0) is 19.8. The molecule has 27 heavy (non-hydrogen) atoms. The summed E-state index contributed by atoms with van der Waals surface area (Å²) in [5.74, 6) is -0.681. The van der Waals surface area contributed by atoms with Crippen molar-refractivity contribution in [3.63, 3.8) is 0 Å². The fourth-order valence-corrected chi connectivity index (χ4v) is 4.62. The third-order valence-corrected chi connectivity index (χ3v) is 5.80. The molecule has 150 valence electrons. The van der Waals surface area contributed by atoms with Crippen molar-refractivity contribution in [3.8, 4) is 17.2 Å². The van der Waals surface area contributed by atoms with E-state index in [2.05, 4.69) is 5.32 Å². The molecule has 1 atom stereocenters. The number of carbonyl (C=O) groups is 1. The van der Waals surface area contributed by atoms with Gasteiger partial charge in [-0.05, 0) is 36.3 Å². The van der Waals surface area contributed by atoms with Crippen molar-refractivity contribution in [2.75, 3.05) is 21.3 Å². The normalized spacial score (nSPS) is 20.9. The summed E-state index contributed by atoms with van der Waals surface area (Å²) in [6.45, 7) is 0. The van der Waals surface area contributed by atoms with Crippen LogP contribution in [-0.4, -0.2) is 33.4 Å². The Kier molecular flexibility index (Phi) is 5.18. The monoisotopic (exact) mass is 387 g/mol. The Bertz CT molecular complexity index is 727. The van der Waals surface area contributed by atoms with Crippen molar-refractivity contribution in [3.05, 3.63) is 17.2 Å². The SMILES string of the molecule is COc1cc2c(c(OC)c1OC)CC1(CCCCC1)C2NC(=O)C(F)(F)F. The minimum atomic E-state index is -4.93. The standard InChI is InChI=1S/C19H24F3NO4/c1-25-13-9-11-12(14(26-2)15(13)27-3)10-18(7-5-4-6-8-18)16(11)23-17(24)19(20,21)22/h9,16H,4-8,10H2,1-3H3,(H,23,24). The summed E-state index contributed by atoms with van der Waals surface area (Å²) in [7, 11) is 4.44. The van der Waals surface area contributed by atoms with Crippen LogP contribution in [-0.2, 0) is 11.2 Å². The first-order valence-electron chi connectivity index (χ1n) is 8.97. The van der Waals surface area contributed by atoms with E-state index in [1.807, 2.05) is 0 Å². The van der Waals surface area contributed by atoms with Crippen LogP contribution in [0.4, 0.5) is 13.2 Å². The average Bonchev–Trinajstić information content (AvgIpc) is 2.92. The molecule has 0 aromatic heterocycles.